The predicted molar refractivity (Wildman–Crippen MR) is 77.3 cm³/mol. The number of aromatic nitrogens is 2. The summed E-state index contributed by atoms with van der Waals surface area (Å²) in [7, 11) is 0. The van der Waals surface area contributed by atoms with Crippen molar-refractivity contribution >= 4 is 29.3 Å². The fourth-order valence-corrected chi connectivity index (χ4v) is 3.50. The lowest BCUT2D eigenvalue weighted by Gasteiger charge is -2.18. The van der Waals surface area contributed by atoms with Crippen LogP contribution in [0.15, 0.2) is 22.7 Å². The van der Waals surface area contributed by atoms with Crippen LogP contribution in [-0.2, 0) is 4.79 Å². The number of nitrogens with zero attached hydrogens (tertiary/aromatic N) is 3. The normalized spacial score (nSPS) is 18.2. The van der Waals surface area contributed by atoms with Gasteiger partial charge in [0.15, 0.2) is 5.82 Å². The van der Waals surface area contributed by atoms with Crippen LogP contribution in [0.5, 0.6) is 0 Å². The highest BCUT2D eigenvalue weighted by atomic mass is 35.5. The van der Waals surface area contributed by atoms with Gasteiger partial charge < -0.3 is 9.42 Å². The van der Waals surface area contributed by atoms with Crippen molar-refractivity contribution in [2.24, 2.45) is 0 Å². The molecular formula is C13H11ClFN3O2S. The van der Waals surface area contributed by atoms with Gasteiger partial charge in [-0.2, -0.15) is 4.98 Å². The Morgan fingerprint density at radius 1 is 1.57 bits per heavy atom. The van der Waals surface area contributed by atoms with Crippen LogP contribution in [-0.4, -0.2) is 32.6 Å². The van der Waals surface area contributed by atoms with Crippen molar-refractivity contribution in [1.82, 2.24) is 15.0 Å². The molecule has 1 amide bonds. The SMILES string of the molecule is CC(=O)N1CSCC1c1nc(-c2cccc(Cl)c2F)no1. The zero-order valence-corrected chi connectivity index (χ0v) is 12.6. The number of carbonyl (C=O) groups excluding carboxylic acids is 1. The summed E-state index contributed by atoms with van der Waals surface area (Å²) in [6, 6.07) is 4.33. The van der Waals surface area contributed by atoms with Crippen molar-refractivity contribution in [3.05, 3.63) is 34.9 Å². The fraction of sp³-hybridized carbons (Fsp3) is 0.308. The molecule has 2 aromatic rings. The Kier molecular flexibility index (Phi) is 3.86. The summed E-state index contributed by atoms with van der Waals surface area (Å²) in [5.41, 5.74) is 0.178. The van der Waals surface area contributed by atoms with Gasteiger partial charge in [0, 0.05) is 12.7 Å². The molecule has 3 rings (SSSR count). The van der Waals surface area contributed by atoms with E-state index in [4.69, 9.17) is 16.1 Å². The number of halogens is 2. The van der Waals surface area contributed by atoms with E-state index < -0.39 is 5.82 Å². The average Bonchev–Trinajstić information content (AvgIpc) is 3.09. The summed E-state index contributed by atoms with van der Waals surface area (Å²) >= 11 is 7.35. The van der Waals surface area contributed by atoms with E-state index in [1.807, 2.05) is 0 Å². The van der Waals surface area contributed by atoms with Gasteiger partial charge >= 0.3 is 0 Å². The number of amides is 1. The van der Waals surface area contributed by atoms with Crippen LogP contribution in [0.1, 0.15) is 18.9 Å². The molecule has 1 aromatic carbocycles. The van der Waals surface area contributed by atoms with Gasteiger partial charge in [0.1, 0.15) is 6.04 Å². The molecule has 1 aliphatic rings. The monoisotopic (exact) mass is 327 g/mol. The van der Waals surface area contributed by atoms with E-state index in [0.29, 0.717) is 17.5 Å². The third-order valence-corrected chi connectivity index (χ3v) is 4.51. The van der Waals surface area contributed by atoms with Gasteiger partial charge in [-0.25, -0.2) is 4.39 Å². The van der Waals surface area contributed by atoms with E-state index >= 15 is 0 Å². The molecule has 110 valence electrons. The summed E-state index contributed by atoms with van der Waals surface area (Å²) in [6.45, 7) is 1.49. The predicted octanol–water partition coefficient (Wildman–Crippen LogP) is 3.12. The third-order valence-electron chi connectivity index (χ3n) is 3.21. The molecule has 0 saturated carbocycles. The molecule has 0 bridgehead atoms. The standard InChI is InChI=1S/C13H11ClFN3O2S/c1-7(19)18-6-21-5-10(18)13-16-12(17-20-13)8-3-2-4-9(14)11(8)15/h2-4,10H,5-6H2,1H3. The van der Waals surface area contributed by atoms with Crippen LogP contribution in [0, 0.1) is 5.82 Å². The number of benzene rings is 1. The molecule has 1 atom stereocenters. The zero-order chi connectivity index (χ0) is 15.0. The Labute approximate surface area is 129 Å². The Morgan fingerprint density at radius 2 is 2.38 bits per heavy atom. The van der Waals surface area contributed by atoms with Gasteiger partial charge in [-0.15, -0.1) is 11.8 Å². The van der Waals surface area contributed by atoms with E-state index in [1.54, 1.807) is 22.7 Å². The second-order valence-corrected chi connectivity index (χ2v) is 5.97. The van der Waals surface area contributed by atoms with Gasteiger partial charge in [0.25, 0.3) is 5.89 Å². The molecule has 8 heteroatoms. The minimum absolute atomic E-state index is 0.000587. The maximum Gasteiger partial charge on any atom is 0.250 e. The number of hydrogen-bond acceptors (Lipinski definition) is 5. The first kappa shape index (κ1) is 14.3. The van der Waals surface area contributed by atoms with Gasteiger partial charge in [-0.05, 0) is 12.1 Å². The Hall–Kier alpha value is -1.60. The summed E-state index contributed by atoms with van der Waals surface area (Å²) in [4.78, 5) is 17.4. The topological polar surface area (TPSA) is 59.2 Å². The Bertz CT molecular complexity index is 694. The number of carbonyl (C=O) groups is 1. The first-order valence-corrected chi connectivity index (χ1v) is 7.74. The van der Waals surface area contributed by atoms with E-state index in [-0.39, 0.29) is 28.4 Å². The molecule has 1 fully saturated rings. The smallest absolute Gasteiger partial charge is 0.250 e. The maximum atomic E-state index is 14.0. The van der Waals surface area contributed by atoms with Gasteiger partial charge in [0.05, 0.1) is 16.5 Å². The van der Waals surface area contributed by atoms with Crippen LogP contribution in [0.2, 0.25) is 5.02 Å². The van der Waals surface area contributed by atoms with Crippen molar-refractivity contribution in [2.75, 3.05) is 11.6 Å². The Balaban J connectivity index is 1.93. The van der Waals surface area contributed by atoms with Crippen molar-refractivity contribution in [2.45, 2.75) is 13.0 Å². The number of thioether (sulfide) groups is 1. The van der Waals surface area contributed by atoms with Crippen LogP contribution in [0.3, 0.4) is 0 Å². The number of hydrogen-bond donors (Lipinski definition) is 0. The average molecular weight is 328 g/mol. The molecule has 0 spiro atoms. The lowest BCUT2D eigenvalue weighted by molar-refractivity contribution is -0.129. The van der Waals surface area contributed by atoms with E-state index in [9.17, 15) is 9.18 Å². The highest BCUT2D eigenvalue weighted by Gasteiger charge is 2.33. The molecule has 21 heavy (non-hydrogen) atoms. The first-order chi connectivity index (χ1) is 10.1. The quantitative estimate of drug-likeness (QED) is 0.848. The Morgan fingerprint density at radius 3 is 3.14 bits per heavy atom. The van der Waals surface area contributed by atoms with E-state index in [2.05, 4.69) is 10.1 Å². The molecular weight excluding hydrogens is 317 g/mol. The van der Waals surface area contributed by atoms with Crippen molar-refractivity contribution in [3.8, 4) is 11.4 Å². The molecule has 2 heterocycles. The fourth-order valence-electron chi connectivity index (χ4n) is 2.11. The minimum atomic E-state index is -0.587. The molecule has 1 saturated heterocycles. The lowest BCUT2D eigenvalue weighted by atomic mass is 10.2. The lowest BCUT2D eigenvalue weighted by Crippen LogP contribution is -2.28. The molecule has 0 radical (unpaired) electrons. The summed E-state index contributed by atoms with van der Waals surface area (Å²) in [5, 5.41) is 3.80. The van der Waals surface area contributed by atoms with Crippen molar-refractivity contribution in [1.29, 1.82) is 0 Å². The minimum Gasteiger partial charge on any atom is -0.337 e. The third kappa shape index (κ3) is 2.63. The van der Waals surface area contributed by atoms with Crippen LogP contribution >= 0.6 is 23.4 Å². The molecule has 5 nitrogen and oxygen atoms in total. The van der Waals surface area contributed by atoms with Crippen molar-refractivity contribution in [3.63, 3.8) is 0 Å². The van der Waals surface area contributed by atoms with Gasteiger partial charge in [-0.1, -0.05) is 22.8 Å². The summed E-state index contributed by atoms with van der Waals surface area (Å²) < 4.78 is 19.2. The highest BCUT2D eigenvalue weighted by molar-refractivity contribution is 7.99. The largest absolute Gasteiger partial charge is 0.337 e. The summed E-state index contributed by atoms with van der Waals surface area (Å²) in [5.74, 6) is 1.06. The van der Waals surface area contributed by atoms with Gasteiger partial charge in [0.2, 0.25) is 11.7 Å². The van der Waals surface area contributed by atoms with Crippen LogP contribution < -0.4 is 0 Å². The number of rotatable bonds is 2. The van der Waals surface area contributed by atoms with E-state index in [1.165, 1.54) is 19.1 Å². The summed E-state index contributed by atoms with van der Waals surface area (Å²) in [6.07, 6.45) is 0. The second-order valence-electron chi connectivity index (χ2n) is 4.56. The van der Waals surface area contributed by atoms with Crippen LogP contribution in [0.25, 0.3) is 11.4 Å². The second kappa shape index (κ2) is 5.65. The van der Waals surface area contributed by atoms with Gasteiger partial charge in [-0.3, -0.25) is 4.79 Å². The molecule has 0 N–H and O–H groups in total. The maximum absolute atomic E-state index is 14.0. The molecule has 0 aliphatic carbocycles. The molecule has 1 unspecified atom stereocenters. The van der Waals surface area contributed by atoms with Crippen LogP contribution in [0.4, 0.5) is 4.39 Å². The molecule has 1 aromatic heterocycles. The van der Waals surface area contributed by atoms with E-state index in [0.717, 1.165) is 0 Å². The van der Waals surface area contributed by atoms with Crippen molar-refractivity contribution < 1.29 is 13.7 Å². The zero-order valence-electron chi connectivity index (χ0n) is 11.0. The first-order valence-electron chi connectivity index (χ1n) is 6.21. The highest BCUT2D eigenvalue weighted by Crippen LogP contribution is 2.33. The molecule has 1 aliphatic heterocycles.